The van der Waals surface area contributed by atoms with Crippen molar-refractivity contribution in [2.24, 2.45) is 4.99 Å². The van der Waals surface area contributed by atoms with E-state index in [0.29, 0.717) is 3.51 Å². The van der Waals surface area contributed by atoms with E-state index in [0.717, 1.165) is 6.08 Å². The first-order valence-electron chi connectivity index (χ1n) is 3.66. The van der Waals surface area contributed by atoms with Crippen LogP contribution in [0.3, 0.4) is 0 Å². The van der Waals surface area contributed by atoms with Crippen molar-refractivity contribution in [1.29, 1.82) is 5.26 Å². The van der Waals surface area contributed by atoms with E-state index >= 15 is 0 Å². The molecule has 0 atom stereocenters. The number of halogens is 4. The van der Waals surface area contributed by atoms with E-state index in [2.05, 4.69) is 4.99 Å². The summed E-state index contributed by atoms with van der Waals surface area (Å²) < 4.78 is 37.0. The first-order chi connectivity index (χ1) is 6.45. The topological polar surface area (TPSA) is 36.1 Å². The lowest BCUT2D eigenvalue weighted by molar-refractivity contribution is -0.0819. The van der Waals surface area contributed by atoms with Crippen LogP contribution in [0.2, 0.25) is 0 Å². The third-order valence-electron chi connectivity index (χ3n) is 1.47. The molecule has 1 aliphatic heterocycles. The lowest BCUT2D eigenvalue weighted by Gasteiger charge is -2.05. The first-order valence-corrected chi connectivity index (χ1v) is 5.81. The SMILES string of the molecule is CC1=IC(C(F)(F)F)=CCN=C1C#N. The summed E-state index contributed by atoms with van der Waals surface area (Å²) in [5.41, 5.74) is 0.160. The number of aliphatic imine (C=N–C) groups is 1. The molecule has 76 valence electrons. The van der Waals surface area contributed by atoms with Crippen LogP contribution in [0.25, 0.3) is 0 Å². The van der Waals surface area contributed by atoms with Crippen LogP contribution in [-0.4, -0.2) is 21.9 Å². The van der Waals surface area contributed by atoms with Gasteiger partial charge in [-0.15, -0.1) is 0 Å². The van der Waals surface area contributed by atoms with Crippen LogP contribution in [0.5, 0.6) is 0 Å². The molecule has 6 heteroatoms. The van der Waals surface area contributed by atoms with E-state index < -0.39 is 30.5 Å². The van der Waals surface area contributed by atoms with Gasteiger partial charge in [-0.3, -0.25) is 4.99 Å². The van der Waals surface area contributed by atoms with Crippen molar-refractivity contribution in [3.8, 4) is 6.07 Å². The lowest BCUT2D eigenvalue weighted by atomic mass is 10.3. The van der Waals surface area contributed by atoms with Crippen LogP contribution in [0.4, 0.5) is 13.2 Å². The Bertz CT molecular complexity index is 371. The van der Waals surface area contributed by atoms with Crippen molar-refractivity contribution < 1.29 is 13.2 Å². The highest BCUT2D eigenvalue weighted by Gasteiger charge is 2.33. The summed E-state index contributed by atoms with van der Waals surface area (Å²) >= 11 is -1.28. The maximum Gasteiger partial charge on any atom is 0.421 e. The van der Waals surface area contributed by atoms with E-state index in [1.807, 2.05) is 0 Å². The fourth-order valence-corrected chi connectivity index (χ4v) is 2.98. The summed E-state index contributed by atoms with van der Waals surface area (Å²) in [7, 11) is 0. The average molecular weight is 314 g/mol. The molecule has 14 heavy (non-hydrogen) atoms. The number of hydrogen-bond donors (Lipinski definition) is 0. The van der Waals surface area contributed by atoms with Crippen LogP contribution in [0.1, 0.15) is 6.92 Å². The first kappa shape index (κ1) is 11.4. The van der Waals surface area contributed by atoms with E-state index in [9.17, 15) is 13.2 Å². The number of rotatable bonds is 0. The minimum absolute atomic E-state index is 0.0468. The monoisotopic (exact) mass is 314 g/mol. The molecule has 0 aromatic heterocycles. The Hall–Kier alpha value is -0.710. The molecule has 0 aromatic rings. The molecular weight excluding hydrogens is 308 g/mol. The third-order valence-corrected chi connectivity index (χ3v) is 4.42. The van der Waals surface area contributed by atoms with Crippen LogP contribution in [-0.2, 0) is 0 Å². The molecule has 2 nitrogen and oxygen atoms in total. The van der Waals surface area contributed by atoms with Gasteiger partial charge in [0.2, 0.25) is 0 Å². The largest absolute Gasteiger partial charge is 0.421 e. The van der Waals surface area contributed by atoms with Gasteiger partial charge in [-0.2, -0.15) is 18.4 Å². The highest BCUT2D eigenvalue weighted by atomic mass is 127. The summed E-state index contributed by atoms with van der Waals surface area (Å²) in [6.07, 6.45) is -3.20. The zero-order chi connectivity index (χ0) is 10.8. The lowest BCUT2D eigenvalue weighted by Crippen LogP contribution is -2.09. The summed E-state index contributed by atoms with van der Waals surface area (Å²) in [5.74, 6) is 0. The quantitative estimate of drug-likeness (QED) is 0.633. The summed E-state index contributed by atoms with van der Waals surface area (Å²) in [4.78, 5) is 3.76. The summed E-state index contributed by atoms with van der Waals surface area (Å²) in [5, 5.41) is 8.59. The highest BCUT2D eigenvalue weighted by Crippen LogP contribution is 2.35. The van der Waals surface area contributed by atoms with Gasteiger partial charge >= 0.3 is 6.18 Å². The number of hydrogen-bond acceptors (Lipinski definition) is 2. The van der Waals surface area contributed by atoms with Gasteiger partial charge in [0, 0.05) is 3.51 Å². The summed E-state index contributed by atoms with van der Waals surface area (Å²) in [6, 6.07) is 1.81. The fourth-order valence-electron chi connectivity index (χ4n) is 0.844. The molecule has 0 radical (unpaired) electrons. The fraction of sp³-hybridized carbons (Fsp3) is 0.375. The van der Waals surface area contributed by atoms with Crippen molar-refractivity contribution in [3.05, 3.63) is 9.66 Å². The predicted octanol–water partition coefficient (Wildman–Crippen LogP) is 2.57. The molecule has 0 unspecified atom stereocenters. The molecule has 0 amide bonds. The number of nitrogens with zero attached hydrogens (tertiary/aromatic N) is 2. The van der Waals surface area contributed by atoms with Gasteiger partial charge < -0.3 is 0 Å². The van der Waals surface area contributed by atoms with Gasteiger partial charge in [-0.1, -0.05) is 20.7 Å². The standard InChI is InChI=1S/C8H6F3IN2/c1-5-6(4-13)14-3-2-7(12-5)8(9,10)11/h2H,3H2,1H3. The molecule has 0 spiro atoms. The van der Waals surface area contributed by atoms with E-state index in [1.54, 1.807) is 13.0 Å². The number of allylic oxidation sites excluding steroid dienone is 1. The smallest absolute Gasteiger partial charge is 0.269 e. The van der Waals surface area contributed by atoms with E-state index in [1.165, 1.54) is 0 Å². The van der Waals surface area contributed by atoms with Gasteiger partial charge in [-0.25, -0.2) is 0 Å². The Labute approximate surface area is 88.9 Å². The van der Waals surface area contributed by atoms with Crippen LogP contribution in [0, 0.1) is 11.3 Å². The van der Waals surface area contributed by atoms with Gasteiger partial charge in [-0.05, 0) is 13.0 Å². The average Bonchev–Trinajstić information content (AvgIpc) is 2.25. The van der Waals surface area contributed by atoms with Gasteiger partial charge in [0.1, 0.15) is 11.8 Å². The highest BCUT2D eigenvalue weighted by molar-refractivity contribution is 14.2. The normalized spacial score (nSPS) is 18.1. The predicted molar refractivity (Wildman–Crippen MR) is 56.8 cm³/mol. The second-order valence-corrected chi connectivity index (χ2v) is 5.80. The van der Waals surface area contributed by atoms with Gasteiger partial charge in [0.15, 0.2) is 0 Å². The van der Waals surface area contributed by atoms with Crippen LogP contribution < -0.4 is 0 Å². The molecular formula is C8H6F3IN2. The molecule has 0 fully saturated rings. The van der Waals surface area contributed by atoms with E-state index in [-0.39, 0.29) is 12.3 Å². The van der Waals surface area contributed by atoms with Crippen LogP contribution >= 0.6 is 20.7 Å². The zero-order valence-corrected chi connectivity index (χ0v) is 9.35. The maximum atomic E-state index is 12.3. The minimum Gasteiger partial charge on any atom is -0.269 e. The second-order valence-electron chi connectivity index (χ2n) is 2.48. The molecule has 0 aliphatic carbocycles. The third kappa shape index (κ3) is 2.64. The molecule has 1 aliphatic rings. The minimum atomic E-state index is -4.27. The van der Waals surface area contributed by atoms with Crippen LogP contribution in [0.15, 0.2) is 14.6 Å². The Morgan fingerprint density at radius 2 is 2.21 bits per heavy atom. The maximum absolute atomic E-state index is 12.3. The zero-order valence-electron chi connectivity index (χ0n) is 7.19. The Morgan fingerprint density at radius 3 is 2.71 bits per heavy atom. The van der Waals surface area contributed by atoms with Gasteiger partial charge in [0.25, 0.3) is 0 Å². The molecule has 1 heterocycles. The van der Waals surface area contributed by atoms with Crippen molar-refractivity contribution in [1.82, 2.24) is 0 Å². The Kier molecular flexibility index (Phi) is 3.42. The number of nitriles is 1. The second kappa shape index (κ2) is 4.21. The molecule has 1 rings (SSSR count). The molecule has 0 N–H and O–H groups in total. The van der Waals surface area contributed by atoms with Crippen molar-refractivity contribution in [3.63, 3.8) is 0 Å². The van der Waals surface area contributed by atoms with Crippen molar-refractivity contribution in [2.45, 2.75) is 13.1 Å². The summed E-state index contributed by atoms with van der Waals surface area (Å²) in [6.45, 7) is 1.50. The van der Waals surface area contributed by atoms with Gasteiger partial charge in [0.05, 0.1) is 10.1 Å². The van der Waals surface area contributed by atoms with E-state index in [4.69, 9.17) is 5.26 Å². The van der Waals surface area contributed by atoms with Crippen molar-refractivity contribution in [2.75, 3.05) is 6.54 Å². The molecule has 0 bridgehead atoms. The van der Waals surface area contributed by atoms with Crippen molar-refractivity contribution >= 4 is 30.0 Å². The molecule has 0 aromatic carbocycles. The number of alkyl halides is 3. The Balaban J connectivity index is 3.06. The molecule has 0 saturated heterocycles. The molecule has 0 saturated carbocycles. The Morgan fingerprint density at radius 1 is 1.57 bits per heavy atom.